The van der Waals surface area contributed by atoms with Crippen LogP contribution in [-0.2, 0) is 11.2 Å². The van der Waals surface area contributed by atoms with E-state index in [1.165, 1.54) is 22.1 Å². The van der Waals surface area contributed by atoms with E-state index in [1.54, 1.807) is 14.2 Å². The predicted molar refractivity (Wildman–Crippen MR) is 133 cm³/mol. The van der Waals surface area contributed by atoms with Crippen LogP contribution in [0.5, 0.6) is 17.2 Å². The van der Waals surface area contributed by atoms with Crippen molar-refractivity contribution in [2.45, 2.75) is 51.0 Å². The topological polar surface area (TPSA) is 63.8 Å². The number of rotatable bonds is 7. The molecule has 1 N–H and O–H groups in total. The number of hydrogen-bond acceptors (Lipinski definition) is 4. The average molecular weight is 463 g/mol. The van der Waals surface area contributed by atoms with Crippen LogP contribution < -0.4 is 14.2 Å². The highest BCUT2D eigenvalue weighted by molar-refractivity contribution is 5.85. The molecule has 0 unspecified atom stereocenters. The number of amides is 1. The van der Waals surface area contributed by atoms with Crippen LogP contribution >= 0.6 is 0 Å². The molecule has 0 radical (unpaired) electrons. The molecule has 1 saturated carbocycles. The van der Waals surface area contributed by atoms with Gasteiger partial charge in [0.25, 0.3) is 0 Å². The summed E-state index contributed by atoms with van der Waals surface area (Å²) in [5.41, 5.74) is 5.03. The van der Waals surface area contributed by atoms with Crippen LogP contribution in [-0.4, -0.2) is 43.7 Å². The SMILES string of the molecule is CCOc1cc2c(cc1OC)CCN(C=O)[C@H]2C1CCC(c2c[nH]c3ccc(OC)cc23)CC1. The van der Waals surface area contributed by atoms with Crippen LogP contribution in [0.25, 0.3) is 10.9 Å². The van der Waals surface area contributed by atoms with Gasteiger partial charge in [-0.3, -0.25) is 4.79 Å². The van der Waals surface area contributed by atoms with E-state index in [2.05, 4.69) is 35.4 Å². The molecule has 5 rings (SSSR count). The molecule has 0 bridgehead atoms. The number of fused-ring (bicyclic) bond motifs is 2. The van der Waals surface area contributed by atoms with Gasteiger partial charge in [-0.05, 0) is 97.9 Å². The molecule has 3 aromatic rings. The third kappa shape index (κ3) is 3.99. The van der Waals surface area contributed by atoms with E-state index in [-0.39, 0.29) is 6.04 Å². The van der Waals surface area contributed by atoms with Crippen molar-refractivity contribution in [3.63, 3.8) is 0 Å². The lowest BCUT2D eigenvalue weighted by atomic mass is 9.72. The highest BCUT2D eigenvalue weighted by atomic mass is 16.5. The van der Waals surface area contributed by atoms with Crippen molar-refractivity contribution in [1.29, 1.82) is 0 Å². The lowest BCUT2D eigenvalue weighted by Crippen LogP contribution is -2.39. The molecular weight excluding hydrogens is 428 g/mol. The lowest BCUT2D eigenvalue weighted by Gasteiger charge is -2.42. The summed E-state index contributed by atoms with van der Waals surface area (Å²) in [5, 5.41) is 1.26. The van der Waals surface area contributed by atoms with Gasteiger partial charge in [0.1, 0.15) is 5.75 Å². The summed E-state index contributed by atoms with van der Waals surface area (Å²) >= 11 is 0. The number of nitrogens with zero attached hydrogens (tertiary/aromatic N) is 1. The quantitative estimate of drug-likeness (QED) is 0.463. The minimum absolute atomic E-state index is 0.0929. The molecule has 1 aliphatic heterocycles. The molecule has 180 valence electrons. The summed E-state index contributed by atoms with van der Waals surface area (Å²) in [6.07, 6.45) is 8.46. The fourth-order valence-corrected chi connectivity index (χ4v) is 6.08. The molecule has 0 saturated heterocycles. The third-order valence-electron chi connectivity index (χ3n) is 7.76. The van der Waals surface area contributed by atoms with Gasteiger partial charge in [0.05, 0.1) is 26.9 Å². The Hall–Kier alpha value is -3.15. The molecule has 2 aliphatic rings. The van der Waals surface area contributed by atoms with Crippen LogP contribution in [0.2, 0.25) is 0 Å². The number of aromatic nitrogens is 1. The molecule has 34 heavy (non-hydrogen) atoms. The number of carbonyl (C=O) groups is 1. The number of aromatic amines is 1. The first kappa shape index (κ1) is 22.6. The van der Waals surface area contributed by atoms with E-state index < -0.39 is 0 Å². The maximum atomic E-state index is 12.1. The Morgan fingerprint density at radius 1 is 1.03 bits per heavy atom. The summed E-state index contributed by atoms with van der Waals surface area (Å²) in [4.78, 5) is 17.5. The first-order chi connectivity index (χ1) is 16.7. The van der Waals surface area contributed by atoms with Gasteiger partial charge in [0.2, 0.25) is 6.41 Å². The summed E-state index contributed by atoms with van der Waals surface area (Å²) in [5.74, 6) is 3.38. The maximum absolute atomic E-state index is 12.1. The molecule has 1 aromatic heterocycles. The molecule has 6 nitrogen and oxygen atoms in total. The second kappa shape index (κ2) is 9.61. The number of H-pyrrole nitrogens is 1. The minimum Gasteiger partial charge on any atom is -0.497 e. The Bertz CT molecular complexity index is 1160. The van der Waals surface area contributed by atoms with E-state index >= 15 is 0 Å². The third-order valence-corrected chi connectivity index (χ3v) is 7.76. The number of methoxy groups -OCH3 is 2. The van der Waals surface area contributed by atoms with Crippen molar-refractivity contribution in [2.75, 3.05) is 27.4 Å². The Kier molecular flexibility index (Phi) is 6.40. The summed E-state index contributed by atoms with van der Waals surface area (Å²) in [6, 6.07) is 10.6. The first-order valence-corrected chi connectivity index (χ1v) is 12.4. The number of carbonyl (C=O) groups excluding carboxylic acids is 1. The van der Waals surface area contributed by atoms with Gasteiger partial charge in [-0.15, -0.1) is 0 Å². The van der Waals surface area contributed by atoms with E-state index in [4.69, 9.17) is 14.2 Å². The second-order valence-corrected chi connectivity index (χ2v) is 9.44. The molecule has 1 aliphatic carbocycles. The molecule has 1 amide bonds. The molecule has 2 heterocycles. The van der Waals surface area contributed by atoms with Gasteiger partial charge in [-0.1, -0.05) is 0 Å². The smallest absolute Gasteiger partial charge is 0.210 e. The Morgan fingerprint density at radius 2 is 1.85 bits per heavy atom. The number of ether oxygens (including phenoxy) is 3. The summed E-state index contributed by atoms with van der Waals surface area (Å²) in [7, 11) is 3.40. The van der Waals surface area contributed by atoms with E-state index in [1.807, 2.05) is 17.9 Å². The normalized spacial score (nSPS) is 22.3. The largest absolute Gasteiger partial charge is 0.497 e. The van der Waals surface area contributed by atoms with E-state index in [0.29, 0.717) is 18.4 Å². The van der Waals surface area contributed by atoms with E-state index in [9.17, 15) is 4.79 Å². The van der Waals surface area contributed by atoms with Crippen molar-refractivity contribution < 1.29 is 19.0 Å². The van der Waals surface area contributed by atoms with Gasteiger partial charge in [0, 0.05) is 23.6 Å². The lowest BCUT2D eigenvalue weighted by molar-refractivity contribution is -0.122. The molecule has 6 heteroatoms. The number of benzene rings is 2. The van der Waals surface area contributed by atoms with Gasteiger partial charge < -0.3 is 24.1 Å². The van der Waals surface area contributed by atoms with Gasteiger partial charge in [0.15, 0.2) is 11.5 Å². The van der Waals surface area contributed by atoms with Crippen molar-refractivity contribution in [3.05, 3.63) is 53.2 Å². The zero-order chi connectivity index (χ0) is 23.7. The first-order valence-electron chi connectivity index (χ1n) is 12.4. The summed E-state index contributed by atoms with van der Waals surface area (Å²) < 4.78 is 16.9. The predicted octanol–water partition coefficient (Wildman–Crippen LogP) is 5.61. The highest BCUT2D eigenvalue weighted by Crippen LogP contribution is 2.48. The highest BCUT2D eigenvalue weighted by Gasteiger charge is 2.37. The van der Waals surface area contributed by atoms with Gasteiger partial charge >= 0.3 is 0 Å². The Morgan fingerprint density at radius 3 is 2.56 bits per heavy atom. The second-order valence-electron chi connectivity index (χ2n) is 9.44. The zero-order valence-electron chi connectivity index (χ0n) is 20.3. The molecule has 1 fully saturated rings. The zero-order valence-corrected chi connectivity index (χ0v) is 20.3. The van der Waals surface area contributed by atoms with Gasteiger partial charge in [-0.25, -0.2) is 0 Å². The van der Waals surface area contributed by atoms with Crippen molar-refractivity contribution in [1.82, 2.24) is 9.88 Å². The fraction of sp³-hybridized carbons (Fsp3) is 0.464. The van der Waals surface area contributed by atoms with Gasteiger partial charge in [-0.2, -0.15) is 0 Å². The van der Waals surface area contributed by atoms with Crippen LogP contribution in [0.15, 0.2) is 36.5 Å². The van der Waals surface area contributed by atoms with Crippen LogP contribution in [0.3, 0.4) is 0 Å². The standard InChI is InChI=1S/C28H34N2O4/c1-4-34-27-15-22-20(13-26(27)33-3)11-12-30(17-31)28(22)19-7-5-18(6-8-19)24-16-29-25-10-9-21(32-2)14-23(24)25/h9-10,13-19,28-29H,4-8,11-12H2,1-3H3/t18?,19?,28-/m0/s1. The van der Waals surface area contributed by atoms with Crippen molar-refractivity contribution >= 4 is 17.3 Å². The monoisotopic (exact) mass is 462 g/mol. The fourth-order valence-electron chi connectivity index (χ4n) is 6.08. The van der Waals surface area contributed by atoms with Crippen LogP contribution in [0.4, 0.5) is 0 Å². The molecule has 0 spiro atoms. The molecular formula is C28H34N2O4. The Balaban J connectivity index is 1.40. The summed E-state index contributed by atoms with van der Waals surface area (Å²) in [6.45, 7) is 3.31. The Labute approximate surface area is 201 Å². The van der Waals surface area contributed by atoms with E-state index in [0.717, 1.165) is 67.8 Å². The average Bonchev–Trinajstić information content (AvgIpc) is 3.31. The van der Waals surface area contributed by atoms with Crippen LogP contribution in [0, 0.1) is 5.92 Å². The molecule has 1 atom stereocenters. The van der Waals surface area contributed by atoms with Crippen molar-refractivity contribution in [2.24, 2.45) is 5.92 Å². The maximum Gasteiger partial charge on any atom is 0.210 e. The number of hydrogen-bond donors (Lipinski definition) is 1. The minimum atomic E-state index is 0.0929. The molecule has 2 aromatic carbocycles. The van der Waals surface area contributed by atoms with Crippen molar-refractivity contribution in [3.8, 4) is 17.2 Å². The van der Waals surface area contributed by atoms with Crippen LogP contribution in [0.1, 0.15) is 61.3 Å². The number of nitrogens with one attached hydrogen (secondary N) is 1.